The van der Waals surface area contributed by atoms with Gasteiger partial charge in [0.2, 0.25) is 5.91 Å². The van der Waals surface area contributed by atoms with Crippen molar-refractivity contribution in [1.29, 1.82) is 0 Å². The molecule has 1 aromatic carbocycles. The van der Waals surface area contributed by atoms with Gasteiger partial charge in [0.05, 0.1) is 0 Å². The molecule has 0 radical (unpaired) electrons. The second-order valence-corrected chi connectivity index (χ2v) is 6.93. The Morgan fingerprint density at radius 1 is 1.21 bits per heavy atom. The number of carbonyl (C=O) groups excluding carboxylic acids is 2. The zero-order chi connectivity index (χ0) is 18.9. The predicted molar refractivity (Wildman–Crippen MR) is 120 cm³/mol. The maximum atomic E-state index is 12.5. The largest absolute Gasteiger partial charge is 0.351 e. The van der Waals surface area contributed by atoms with Crippen molar-refractivity contribution in [2.24, 2.45) is 5.92 Å². The van der Waals surface area contributed by atoms with E-state index in [0.717, 1.165) is 39.0 Å². The molecular weight excluding hydrogens is 399 g/mol. The van der Waals surface area contributed by atoms with Gasteiger partial charge >= 0.3 is 0 Å². The third kappa shape index (κ3) is 8.35. The molecule has 1 aromatic rings. The van der Waals surface area contributed by atoms with Crippen LogP contribution < -0.4 is 16.0 Å². The fourth-order valence-corrected chi connectivity index (χ4v) is 3.32. The van der Waals surface area contributed by atoms with Crippen molar-refractivity contribution < 1.29 is 9.59 Å². The van der Waals surface area contributed by atoms with E-state index in [1.165, 1.54) is 0 Å². The first-order chi connectivity index (χ1) is 12.5. The molecule has 2 rings (SSSR count). The van der Waals surface area contributed by atoms with Gasteiger partial charge in [-0.1, -0.05) is 19.9 Å². The molecule has 0 aromatic heterocycles. The van der Waals surface area contributed by atoms with Crippen LogP contribution in [0.3, 0.4) is 0 Å². The van der Waals surface area contributed by atoms with Gasteiger partial charge in [-0.25, -0.2) is 0 Å². The summed E-state index contributed by atoms with van der Waals surface area (Å²) in [4.78, 5) is 27.1. The SMILES string of the molecule is CCN(CC)CCNC(=O)c1cccc(NC(=O)[C@H]2CCN[C@@H](C)C2)c1.Cl.Cl. The number of carbonyl (C=O) groups is 2. The second-order valence-electron chi connectivity index (χ2n) is 6.93. The van der Waals surface area contributed by atoms with Gasteiger partial charge in [-0.15, -0.1) is 24.8 Å². The first-order valence-electron chi connectivity index (χ1n) is 9.68. The molecule has 0 bridgehead atoms. The van der Waals surface area contributed by atoms with Gasteiger partial charge in [0.1, 0.15) is 0 Å². The fourth-order valence-electron chi connectivity index (χ4n) is 3.32. The Hall–Kier alpha value is -1.34. The van der Waals surface area contributed by atoms with E-state index in [9.17, 15) is 9.59 Å². The zero-order valence-electron chi connectivity index (χ0n) is 17.0. The summed E-state index contributed by atoms with van der Waals surface area (Å²) in [5, 5.41) is 9.27. The number of hydrogen-bond donors (Lipinski definition) is 3. The first-order valence-corrected chi connectivity index (χ1v) is 9.68. The van der Waals surface area contributed by atoms with Gasteiger partial charge in [-0.2, -0.15) is 0 Å². The summed E-state index contributed by atoms with van der Waals surface area (Å²) in [5.74, 6) is -0.0426. The van der Waals surface area contributed by atoms with Crippen molar-refractivity contribution in [3.8, 4) is 0 Å². The van der Waals surface area contributed by atoms with Gasteiger partial charge in [-0.3, -0.25) is 9.59 Å². The molecule has 28 heavy (non-hydrogen) atoms. The van der Waals surface area contributed by atoms with E-state index < -0.39 is 0 Å². The molecule has 0 saturated carbocycles. The van der Waals surface area contributed by atoms with Crippen LogP contribution in [0.25, 0.3) is 0 Å². The molecule has 6 nitrogen and oxygen atoms in total. The summed E-state index contributed by atoms with van der Waals surface area (Å²) in [6, 6.07) is 7.52. The lowest BCUT2D eigenvalue weighted by molar-refractivity contribution is -0.120. The van der Waals surface area contributed by atoms with E-state index >= 15 is 0 Å². The first kappa shape index (κ1) is 26.7. The number of nitrogens with one attached hydrogen (secondary N) is 3. The van der Waals surface area contributed by atoms with Crippen molar-refractivity contribution in [3.05, 3.63) is 29.8 Å². The van der Waals surface area contributed by atoms with Crippen LogP contribution in [0.15, 0.2) is 24.3 Å². The minimum atomic E-state index is -0.108. The number of hydrogen-bond acceptors (Lipinski definition) is 4. The highest BCUT2D eigenvalue weighted by Gasteiger charge is 2.24. The third-order valence-corrected chi connectivity index (χ3v) is 4.99. The standard InChI is InChI=1S/C20H32N4O2.2ClH/c1-4-24(5-2)12-11-22-19(25)16-7-6-8-18(14-16)23-20(26)17-9-10-21-15(3)13-17;;/h6-8,14-15,17,21H,4-5,9-13H2,1-3H3,(H,22,25)(H,23,26);2*1H/t15-,17-;;/m0../s1. The third-order valence-electron chi connectivity index (χ3n) is 4.99. The summed E-state index contributed by atoms with van der Waals surface area (Å²) in [7, 11) is 0. The number of halogens is 2. The minimum absolute atomic E-state index is 0. The molecule has 0 aliphatic carbocycles. The lowest BCUT2D eigenvalue weighted by Crippen LogP contribution is -2.40. The lowest BCUT2D eigenvalue weighted by Gasteiger charge is -2.27. The van der Waals surface area contributed by atoms with Crippen molar-refractivity contribution in [2.45, 2.75) is 39.7 Å². The van der Waals surface area contributed by atoms with E-state index in [0.29, 0.717) is 23.8 Å². The van der Waals surface area contributed by atoms with Gasteiger partial charge in [0.25, 0.3) is 5.91 Å². The van der Waals surface area contributed by atoms with Crippen LogP contribution in [0.5, 0.6) is 0 Å². The molecule has 1 heterocycles. The Morgan fingerprint density at radius 2 is 1.93 bits per heavy atom. The number of benzene rings is 1. The minimum Gasteiger partial charge on any atom is -0.351 e. The molecule has 0 spiro atoms. The van der Waals surface area contributed by atoms with Crippen LogP contribution in [-0.2, 0) is 4.79 Å². The monoisotopic (exact) mass is 432 g/mol. The van der Waals surface area contributed by atoms with Crippen LogP contribution in [0.2, 0.25) is 0 Å². The Bertz CT molecular complexity index is 612. The van der Waals surface area contributed by atoms with Crippen molar-refractivity contribution in [1.82, 2.24) is 15.5 Å². The van der Waals surface area contributed by atoms with Crippen LogP contribution in [0.4, 0.5) is 5.69 Å². The lowest BCUT2D eigenvalue weighted by atomic mass is 9.92. The highest BCUT2D eigenvalue weighted by atomic mass is 35.5. The number of likely N-dealkylation sites (N-methyl/N-ethyl adjacent to an activating group) is 1. The Morgan fingerprint density at radius 3 is 2.57 bits per heavy atom. The smallest absolute Gasteiger partial charge is 0.251 e. The average Bonchev–Trinajstić information content (AvgIpc) is 2.65. The molecule has 2 amide bonds. The number of amides is 2. The highest BCUT2D eigenvalue weighted by molar-refractivity contribution is 5.97. The summed E-state index contributed by atoms with van der Waals surface area (Å²) in [6.45, 7) is 10.6. The van der Waals surface area contributed by atoms with Gasteiger partial charge in [0, 0.05) is 36.3 Å². The van der Waals surface area contributed by atoms with Crippen molar-refractivity contribution in [2.75, 3.05) is 38.0 Å². The zero-order valence-corrected chi connectivity index (χ0v) is 18.6. The molecule has 1 aliphatic heterocycles. The van der Waals surface area contributed by atoms with Gasteiger partial charge in [0.15, 0.2) is 0 Å². The summed E-state index contributed by atoms with van der Waals surface area (Å²) in [5.41, 5.74) is 1.25. The quantitative estimate of drug-likeness (QED) is 0.590. The predicted octanol–water partition coefficient (Wildman–Crippen LogP) is 2.93. The highest BCUT2D eigenvalue weighted by Crippen LogP contribution is 2.19. The molecule has 160 valence electrons. The Labute approximate surface area is 181 Å². The summed E-state index contributed by atoms with van der Waals surface area (Å²) in [6.07, 6.45) is 1.69. The van der Waals surface area contributed by atoms with Crippen molar-refractivity contribution in [3.63, 3.8) is 0 Å². The number of piperidine rings is 1. The van der Waals surface area contributed by atoms with E-state index in [1.54, 1.807) is 18.2 Å². The number of nitrogens with zero attached hydrogens (tertiary/aromatic N) is 1. The van der Waals surface area contributed by atoms with Crippen LogP contribution >= 0.6 is 24.8 Å². The maximum absolute atomic E-state index is 12.5. The van der Waals surface area contributed by atoms with E-state index in [1.807, 2.05) is 6.07 Å². The number of rotatable bonds is 8. The van der Waals surface area contributed by atoms with Crippen LogP contribution in [0.1, 0.15) is 44.0 Å². The molecule has 0 unspecified atom stereocenters. The van der Waals surface area contributed by atoms with E-state index in [2.05, 4.69) is 41.6 Å². The molecule has 3 N–H and O–H groups in total. The molecule has 1 fully saturated rings. The summed E-state index contributed by atoms with van der Waals surface area (Å²) >= 11 is 0. The topological polar surface area (TPSA) is 73.5 Å². The molecular formula is C20H34Cl2N4O2. The van der Waals surface area contributed by atoms with Gasteiger partial charge < -0.3 is 20.9 Å². The Kier molecular flexibility index (Phi) is 13.1. The van der Waals surface area contributed by atoms with Crippen molar-refractivity contribution >= 4 is 42.3 Å². The maximum Gasteiger partial charge on any atom is 0.251 e. The molecule has 2 atom stereocenters. The number of anilines is 1. The molecule has 1 saturated heterocycles. The second kappa shape index (κ2) is 13.8. The van der Waals surface area contributed by atoms with Gasteiger partial charge in [-0.05, 0) is 57.6 Å². The summed E-state index contributed by atoms with van der Waals surface area (Å²) < 4.78 is 0. The Balaban J connectivity index is 0.00000364. The molecule has 1 aliphatic rings. The fraction of sp³-hybridized carbons (Fsp3) is 0.600. The average molecular weight is 433 g/mol. The van der Waals surface area contributed by atoms with E-state index in [4.69, 9.17) is 0 Å². The van der Waals surface area contributed by atoms with E-state index in [-0.39, 0.29) is 42.5 Å². The van der Waals surface area contributed by atoms with Crippen LogP contribution in [-0.4, -0.2) is 55.5 Å². The molecule has 8 heteroatoms. The van der Waals surface area contributed by atoms with Crippen LogP contribution in [0, 0.1) is 5.92 Å². The normalized spacial score (nSPS) is 18.6.